The Hall–Kier alpha value is -4.16. The lowest BCUT2D eigenvalue weighted by atomic mass is 10.0. The molecule has 2 amide bonds. The maximum absolute atomic E-state index is 12.1. The summed E-state index contributed by atoms with van der Waals surface area (Å²) in [6, 6.07) is 12.3. The van der Waals surface area contributed by atoms with Crippen LogP contribution in [0, 0.1) is 17.3 Å². The van der Waals surface area contributed by atoms with Crippen LogP contribution < -0.4 is 11.1 Å². The quantitative estimate of drug-likeness (QED) is 0.274. The van der Waals surface area contributed by atoms with E-state index in [4.69, 9.17) is 11.1 Å². The van der Waals surface area contributed by atoms with Crippen molar-refractivity contribution in [3.05, 3.63) is 59.3 Å². The molecule has 0 unspecified atom stereocenters. The van der Waals surface area contributed by atoms with Gasteiger partial charge in [-0.15, -0.1) is 0 Å². The lowest BCUT2D eigenvalue weighted by Gasteiger charge is -2.13. The average molecular weight is 430 g/mol. The number of amidine groups is 1. The normalized spacial score (nSPS) is 17.8. The molecule has 0 bridgehead atoms. The number of primary amides is 1. The van der Waals surface area contributed by atoms with Crippen molar-refractivity contribution in [1.29, 1.82) is 5.41 Å². The van der Waals surface area contributed by atoms with Crippen molar-refractivity contribution in [2.24, 2.45) is 5.73 Å². The third kappa shape index (κ3) is 3.57. The third-order valence-electron chi connectivity index (χ3n) is 5.47. The van der Waals surface area contributed by atoms with Crippen LogP contribution in [0.1, 0.15) is 28.0 Å². The molecule has 2 heterocycles. The van der Waals surface area contributed by atoms with Gasteiger partial charge in [-0.3, -0.25) is 15.0 Å². The molecule has 0 saturated carbocycles. The number of aliphatic hydroxyl groups is 1. The van der Waals surface area contributed by atoms with Crippen LogP contribution in [-0.4, -0.2) is 63.7 Å². The number of fused-ring (bicyclic) bond motifs is 1. The summed E-state index contributed by atoms with van der Waals surface area (Å²) in [4.78, 5) is 25.6. The van der Waals surface area contributed by atoms with Crippen LogP contribution in [0.4, 0.5) is 0 Å². The molecule has 4 rings (SSSR count). The van der Waals surface area contributed by atoms with Gasteiger partial charge in [0.15, 0.2) is 5.69 Å². The fourth-order valence-electron chi connectivity index (χ4n) is 3.66. The van der Waals surface area contributed by atoms with E-state index in [1.165, 1.54) is 4.90 Å². The van der Waals surface area contributed by atoms with Gasteiger partial charge in [0, 0.05) is 43.6 Å². The molecule has 1 atom stereocenters. The number of likely N-dealkylation sites (N-methyl/N-ethyl adjacent to an activating group) is 1. The molecule has 2 aromatic carbocycles. The molecular formula is C23H22N6O3. The van der Waals surface area contributed by atoms with Crippen molar-refractivity contribution in [1.82, 2.24) is 20.0 Å². The molecule has 5 N–H and O–H groups in total. The highest BCUT2D eigenvalue weighted by Crippen LogP contribution is 2.25. The number of carbonyl (C=O) groups excluding carboxylic acids is 2. The van der Waals surface area contributed by atoms with Gasteiger partial charge in [-0.25, -0.2) is 4.68 Å². The maximum Gasteiger partial charge on any atom is 0.269 e. The minimum absolute atomic E-state index is 0.0936. The molecule has 0 radical (unpaired) electrons. The smallest absolute Gasteiger partial charge is 0.269 e. The topological polar surface area (TPSA) is 137 Å². The number of amides is 2. The standard InChI is InChI=1S/C23H22N6O3/c1-26-20(24)15-6-7-18-17(13-15)19(21(25)30)27-29(18)16-5-3-4-14(12-16)8-9-23(32)10-11-28(2)22(23)31/h3-7,12-13,32H,10-11H2,1-2H3,(H2,24,26)(H2,25,30)/t23-/m0/s1. The van der Waals surface area contributed by atoms with Crippen LogP contribution >= 0.6 is 0 Å². The average Bonchev–Trinajstić information content (AvgIpc) is 3.30. The van der Waals surface area contributed by atoms with Gasteiger partial charge in [0.25, 0.3) is 11.8 Å². The second-order valence-electron chi connectivity index (χ2n) is 7.62. The third-order valence-corrected chi connectivity index (χ3v) is 5.47. The van der Waals surface area contributed by atoms with E-state index in [-0.39, 0.29) is 18.0 Å². The second kappa shape index (κ2) is 7.83. The molecule has 1 aliphatic heterocycles. The van der Waals surface area contributed by atoms with Crippen molar-refractivity contribution in [3.8, 4) is 17.5 Å². The highest BCUT2D eigenvalue weighted by molar-refractivity contribution is 6.07. The molecular weight excluding hydrogens is 408 g/mol. The summed E-state index contributed by atoms with van der Waals surface area (Å²) >= 11 is 0. The van der Waals surface area contributed by atoms with E-state index in [1.807, 2.05) is 0 Å². The van der Waals surface area contributed by atoms with Crippen LogP contribution in [0.2, 0.25) is 0 Å². The summed E-state index contributed by atoms with van der Waals surface area (Å²) in [5.74, 6) is 4.70. The van der Waals surface area contributed by atoms with E-state index in [0.29, 0.717) is 34.3 Å². The first-order chi connectivity index (χ1) is 15.2. The van der Waals surface area contributed by atoms with Gasteiger partial charge in [0.2, 0.25) is 5.60 Å². The highest BCUT2D eigenvalue weighted by atomic mass is 16.3. The Labute approximate surface area is 184 Å². The predicted molar refractivity (Wildman–Crippen MR) is 120 cm³/mol. The minimum atomic E-state index is -1.68. The summed E-state index contributed by atoms with van der Waals surface area (Å²) < 4.78 is 1.58. The van der Waals surface area contributed by atoms with Gasteiger partial charge >= 0.3 is 0 Å². The summed E-state index contributed by atoms with van der Waals surface area (Å²) in [6.45, 7) is 0.451. The van der Waals surface area contributed by atoms with Gasteiger partial charge in [0.05, 0.1) is 11.2 Å². The van der Waals surface area contributed by atoms with Crippen LogP contribution in [0.5, 0.6) is 0 Å². The van der Waals surface area contributed by atoms with E-state index < -0.39 is 17.4 Å². The SMILES string of the molecule is CNC(=N)c1ccc2c(c1)c(C(N)=O)nn2-c1cccc(C#C[C@]2(O)CCN(C)C2=O)c1. The van der Waals surface area contributed by atoms with Gasteiger partial charge in [-0.1, -0.05) is 17.9 Å². The van der Waals surface area contributed by atoms with Gasteiger partial charge in [-0.2, -0.15) is 5.10 Å². The van der Waals surface area contributed by atoms with Crippen LogP contribution in [-0.2, 0) is 4.79 Å². The van der Waals surface area contributed by atoms with Crippen LogP contribution in [0.15, 0.2) is 42.5 Å². The molecule has 1 aliphatic rings. The number of hydrogen-bond donors (Lipinski definition) is 4. The Morgan fingerprint density at radius 3 is 2.75 bits per heavy atom. The maximum atomic E-state index is 12.1. The largest absolute Gasteiger partial charge is 0.373 e. The Morgan fingerprint density at radius 1 is 1.31 bits per heavy atom. The van der Waals surface area contributed by atoms with Crippen molar-refractivity contribution < 1.29 is 14.7 Å². The molecule has 32 heavy (non-hydrogen) atoms. The first-order valence-electron chi connectivity index (χ1n) is 9.94. The van der Waals surface area contributed by atoms with Gasteiger partial charge in [-0.05, 0) is 36.4 Å². The van der Waals surface area contributed by atoms with Crippen molar-refractivity contribution in [2.75, 3.05) is 20.6 Å². The zero-order valence-corrected chi connectivity index (χ0v) is 17.6. The number of nitrogens with zero attached hydrogens (tertiary/aromatic N) is 3. The number of rotatable bonds is 3. The zero-order valence-electron chi connectivity index (χ0n) is 17.6. The Balaban J connectivity index is 1.78. The summed E-state index contributed by atoms with van der Waals surface area (Å²) in [5.41, 5.74) is 6.41. The number of likely N-dealkylation sites (tertiary alicyclic amines) is 1. The molecule has 9 heteroatoms. The first kappa shape index (κ1) is 21.1. The number of nitrogens with one attached hydrogen (secondary N) is 2. The summed E-state index contributed by atoms with van der Waals surface area (Å²) in [6.07, 6.45) is 0.255. The number of benzene rings is 2. The minimum Gasteiger partial charge on any atom is -0.373 e. The van der Waals surface area contributed by atoms with Gasteiger partial charge in [0.1, 0.15) is 5.84 Å². The number of nitrogens with two attached hydrogens (primary N) is 1. The van der Waals surface area contributed by atoms with Crippen LogP contribution in [0.3, 0.4) is 0 Å². The van der Waals surface area contributed by atoms with E-state index in [9.17, 15) is 14.7 Å². The summed E-state index contributed by atoms with van der Waals surface area (Å²) in [5, 5.41) is 26.2. The van der Waals surface area contributed by atoms with Crippen molar-refractivity contribution in [3.63, 3.8) is 0 Å². The van der Waals surface area contributed by atoms with Crippen LogP contribution in [0.25, 0.3) is 16.6 Å². The fourth-order valence-corrected chi connectivity index (χ4v) is 3.66. The summed E-state index contributed by atoms with van der Waals surface area (Å²) in [7, 11) is 3.27. The zero-order chi connectivity index (χ0) is 23.0. The predicted octanol–water partition coefficient (Wildman–Crippen LogP) is 0.614. The lowest BCUT2D eigenvalue weighted by molar-refractivity contribution is -0.137. The second-order valence-corrected chi connectivity index (χ2v) is 7.62. The van der Waals surface area contributed by atoms with Gasteiger partial charge < -0.3 is 21.1 Å². The monoisotopic (exact) mass is 430 g/mol. The van der Waals surface area contributed by atoms with E-state index in [0.717, 1.165) is 0 Å². The Morgan fingerprint density at radius 2 is 2.09 bits per heavy atom. The first-order valence-corrected chi connectivity index (χ1v) is 9.94. The molecule has 1 aromatic heterocycles. The lowest BCUT2D eigenvalue weighted by Crippen LogP contribution is -2.37. The highest BCUT2D eigenvalue weighted by Gasteiger charge is 2.42. The molecule has 1 fully saturated rings. The fraction of sp³-hybridized carbons (Fsp3) is 0.217. The van der Waals surface area contributed by atoms with E-state index >= 15 is 0 Å². The number of hydrogen-bond acceptors (Lipinski definition) is 5. The molecule has 0 spiro atoms. The van der Waals surface area contributed by atoms with Crippen molar-refractivity contribution >= 4 is 28.6 Å². The van der Waals surface area contributed by atoms with E-state index in [2.05, 4.69) is 22.3 Å². The molecule has 1 saturated heterocycles. The molecule has 3 aromatic rings. The Kier molecular flexibility index (Phi) is 5.16. The molecule has 9 nitrogen and oxygen atoms in total. The molecule has 0 aliphatic carbocycles. The van der Waals surface area contributed by atoms with E-state index in [1.54, 1.807) is 61.2 Å². The number of carbonyl (C=O) groups is 2. The van der Waals surface area contributed by atoms with Crippen molar-refractivity contribution in [2.45, 2.75) is 12.0 Å². The number of aromatic nitrogens is 2. The Bertz CT molecular complexity index is 1330. The molecule has 162 valence electrons.